The quantitative estimate of drug-likeness (QED) is 0.0961. The molecule has 0 aliphatic rings. The monoisotopic (exact) mass is 965 g/mol. The number of rotatable bonds is 15. The molecule has 7 aromatic carbocycles. The van der Waals surface area contributed by atoms with Gasteiger partial charge in [0.25, 0.3) is 0 Å². The largest absolute Gasteiger partial charge is 0.256 e. The molecule has 0 saturated heterocycles. The van der Waals surface area contributed by atoms with Gasteiger partial charge in [0.2, 0.25) is 0 Å². The lowest BCUT2D eigenvalue weighted by molar-refractivity contribution is 0.931. The molecule has 5 heteroatoms. The Balaban J connectivity index is 0.909. The third-order valence-electron chi connectivity index (χ3n) is 14.0. The number of hydrogen-bond acceptors (Lipinski definition) is 3. The number of aromatic nitrogens is 3. The molecule has 0 N–H and O–H groups in total. The van der Waals surface area contributed by atoms with Gasteiger partial charge in [0.05, 0.1) is 33.2 Å². The smallest absolute Gasteiger partial charge is 0.0777 e. The third-order valence-corrected chi connectivity index (χ3v) is 18.1. The van der Waals surface area contributed by atoms with Gasteiger partial charge in [-0.1, -0.05) is 220 Å². The van der Waals surface area contributed by atoms with E-state index in [2.05, 4.69) is 246 Å². The SMILES string of the molecule is C[Si](C)(C)c1ccnc(-c2ccc(CCc3cc(CCc4ccc(-c5cc([Si](C)(C)C)ccn5)cc4)cc(-c4ccccc4-c4ccc(-c5cc(-c6ccc(-c7ccccc7)cc6)ccn5)cc4)c3)cc2)c1. The minimum absolute atomic E-state index is 0.946. The van der Waals surface area contributed by atoms with Crippen LogP contribution in [0.25, 0.3) is 78.3 Å². The summed E-state index contributed by atoms with van der Waals surface area (Å²) in [5.74, 6) is 0. The molecule has 3 nitrogen and oxygen atoms in total. The molecule has 0 saturated carbocycles. The van der Waals surface area contributed by atoms with Crippen molar-refractivity contribution in [3.63, 3.8) is 0 Å². The van der Waals surface area contributed by atoms with Crippen molar-refractivity contribution in [1.29, 1.82) is 0 Å². The fraction of sp³-hybridized carbons (Fsp3) is 0.149. The third kappa shape index (κ3) is 11.4. The molecule has 10 rings (SSSR count). The highest BCUT2D eigenvalue weighted by molar-refractivity contribution is 6.89. The van der Waals surface area contributed by atoms with Crippen LogP contribution >= 0.6 is 0 Å². The molecule has 3 heterocycles. The van der Waals surface area contributed by atoms with Crippen LogP contribution in [0.4, 0.5) is 0 Å². The molecule has 0 spiro atoms. The minimum Gasteiger partial charge on any atom is -0.256 e. The lowest BCUT2D eigenvalue weighted by Crippen LogP contribution is -2.37. The lowest BCUT2D eigenvalue weighted by Gasteiger charge is -2.17. The first-order chi connectivity index (χ1) is 34.9. The van der Waals surface area contributed by atoms with Gasteiger partial charge in [-0.3, -0.25) is 15.0 Å². The molecule has 10 aromatic rings. The number of benzene rings is 7. The molecular weight excluding hydrogens is 903 g/mol. The van der Waals surface area contributed by atoms with Crippen LogP contribution in [0.5, 0.6) is 0 Å². The van der Waals surface area contributed by atoms with Gasteiger partial charge in [-0.25, -0.2) is 0 Å². The van der Waals surface area contributed by atoms with Gasteiger partial charge in [-0.15, -0.1) is 0 Å². The van der Waals surface area contributed by atoms with Crippen LogP contribution in [0, 0.1) is 0 Å². The van der Waals surface area contributed by atoms with Crippen LogP contribution in [-0.4, -0.2) is 31.1 Å². The summed E-state index contributed by atoms with van der Waals surface area (Å²) in [6.07, 6.45) is 9.67. The Kier molecular flexibility index (Phi) is 14.0. The van der Waals surface area contributed by atoms with E-state index in [9.17, 15) is 0 Å². The van der Waals surface area contributed by atoms with Crippen molar-refractivity contribution in [2.24, 2.45) is 0 Å². The molecule has 0 aliphatic heterocycles. The fourth-order valence-corrected chi connectivity index (χ4v) is 11.9. The van der Waals surface area contributed by atoms with Crippen molar-refractivity contribution in [2.45, 2.75) is 65.0 Å². The van der Waals surface area contributed by atoms with Gasteiger partial charge in [-0.2, -0.15) is 0 Å². The van der Waals surface area contributed by atoms with Crippen LogP contribution in [-0.2, 0) is 25.7 Å². The highest BCUT2D eigenvalue weighted by Crippen LogP contribution is 2.36. The normalized spacial score (nSPS) is 11.7. The summed E-state index contributed by atoms with van der Waals surface area (Å²) in [5.41, 5.74) is 21.5. The highest BCUT2D eigenvalue weighted by Gasteiger charge is 2.19. The van der Waals surface area contributed by atoms with Crippen molar-refractivity contribution < 1.29 is 0 Å². The number of aryl methyl sites for hydroxylation is 4. The molecule has 0 radical (unpaired) electrons. The molecule has 0 fully saturated rings. The summed E-state index contributed by atoms with van der Waals surface area (Å²) >= 11 is 0. The molecule has 0 atom stereocenters. The van der Waals surface area contributed by atoms with Crippen molar-refractivity contribution in [1.82, 2.24) is 15.0 Å². The van der Waals surface area contributed by atoms with Gasteiger partial charge < -0.3 is 0 Å². The molecule has 0 amide bonds. The average Bonchev–Trinajstić information content (AvgIpc) is 3.42. The Labute approximate surface area is 429 Å². The maximum absolute atomic E-state index is 4.82. The van der Waals surface area contributed by atoms with Crippen molar-refractivity contribution in [3.05, 3.63) is 247 Å². The summed E-state index contributed by atoms with van der Waals surface area (Å²) in [5, 5.41) is 2.87. The zero-order chi connectivity index (χ0) is 49.7. The zero-order valence-corrected chi connectivity index (χ0v) is 44.5. The molecule has 354 valence electrons. The fourth-order valence-electron chi connectivity index (χ4n) is 9.64. The van der Waals surface area contributed by atoms with Crippen LogP contribution in [0.1, 0.15) is 22.3 Å². The van der Waals surface area contributed by atoms with Gasteiger partial charge in [0.1, 0.15) is 0 Å². The van der Waals surface area contributed by atoms with Crippen molar-refractivity contribution in [3.8, 4) is 78.3 Å². The number of hydrogen-bond donors (Lipinski definition) is 0. The van der Waals surface area contributed by atoms with E-state index in [1.165, 1.54) is 82.7 Å². The van der Waals surface area contributed by atoms with Crippen LogP contribution in [0.3, 0.4) is 0 Å². The summed E-state index contributed by atoms with van der Waals surface area (Å²) in [6, 6.07) is 75.9. The number of pyridine rings is 3. The Morgan fingerprint density at radius 3 is 1.11 bits per heavy atom. The first-order valence-electron chi connectivity index (χ1n) is 25.5. The second-order valence-electron chi connectivity index (χ2n) is 21.3. The van der Waals surface area contributed by atoms with Gasteiger partial charge >= 0.3 is 0 Å². The van der Waals surface area contributed by atoms with E-state index >= 15 is 0 Å². The minimum atomic E-state index is -1.44. The van der Waals surface area contributed by atoms with Crippen LogP contribution < -0.4 is 10.4 Å². The first-order valence-corrected chi connectivity index (χ1v) is 32.5. The summed E-state index contributed by atoms with van der Waals surface area (Å²) in [6.45, 7) is 14.3. The topological polar surface area (TPSA) is 38.7 Å². The van der Waals surface area contributed by atoms with E-state index in [4.69, 9.17) is 15.0 Å². The van der Waals surface area contributed by atoms with E-state index in [1.807, 2.05) is 18.6 Å². The van der Waals surface area contributed by atoms with E-state index in [1.54, 1.807) is 0 Å². The molecule has 0 unspecified atom stereocenters. The van der Waals surface area contributed by atoms with Gasteiger partial charge in [0.15, 0.2) is 0 Å². The predicted molar refractivity (Wildman–Crippen MR) is 312 cm³/mol. The molecule has 0 aliphatic carbocycles. The van der Waals surface area contributed by atoms with E-state index in [-0.39, 0.29) is 0 Å². The highest BCUT2D eigenvalue weighted by atomic mass is 28.3. The first kappa shape index (κ1) is 48.1. The van der Waals surface area contributed by atoms with Gasteiger partial charge in [0, 0.05) is 35.3 Å². The van der Waals surface area contributed by atoms with E-state index in [0.29, 0.717) is 0 Å². The molecule has 3 aromatic heterocycles. The second kappa shape index (κ2) is 21.0. The summed E-state index contributed by atoms with van der Waals surface area (Å²) in [4.78, 5) is 14.3. The van der Waals surface area contributed by atoms with Crippen molar-refractivity contribution >= 4 is 26.5 Å². The molecule has 0 bridgehead atoms. The molecule has 72 heavy (non-hydrogen) atoms. The Hall–Kier alpha value is -7.58. The number of nitrogens with zero attached hydrogens (tertiary/aromatic N) is 3. The average molecular weight is 966 g/mol. The van der Waals surface area contributed by atoms with E-state index < -0.39 is 16.1 Å². The Bertz CT molecular complexity index is 3320. The zero-order valence-electron chi connectivity index (χ0n) is 42.5. The second-order valence-corrected chi connectivity index (χ2v) is 31.4. The van der Waals surface area contributed by atoms with E-state index in [0.717, 1.165) is 53.9 Å². The van der Waals surface area contributed by atoms with Crippen LogP contribution in [0.2, 0.25) is 39.3 Å². The maximum atomic E-state index is 4.82. The summed E-state index contributed by atoms with van der Waals surface area (Å²) < 4.78 is 0. The Morgan fingerprint density at radius 1 is 0.264 bits per heavy atom. The lowest BCUT2D eigenvalue weighted by atomic mass is 9.90. The standard InChI is InChI=1S/C67H63N3Si2/c1-71(2,3)61-37-40-69-66(46-61)56-24-20-48(21-25-56)16-18-50-42-51(19-17-49-22-26-57(27-23-49)67-47-62(38-41-70-67)72(4,5)6)44-60(43-50)64-15-11-10-14-63(64)55-32-34-58(35-33-55)65-45-59(36-39-68-65)54-30-28-53(29-31-54)52-12-8-7-9-13-52/h7-15,20-47H,16-19H2,1-6H3. The summed E-state index contributed by atoms with van der Waals surface area (Å²) in [7, 11) is -2.89. The maximum Gasteiger partial charge on any atom is 0.0777 e. The van der Waals surface area contributed by atoms with Crippen molar-refractivity contribution in [2.75, 3.05) is 0 Å². The predicted octanol–water partition coefficient (Wildman–Crippen LogP) is 16.2. The molecular formula is C67H63N3Si2. The van der Waals surface area contributed by atoms with Crippen LogP contribution in [0.15, 0.2) is 225 Å². The van der Waals surface area contributed by atoms with Gasteiger partial charge in [-0.05, 0) is 129 Å². The Morgan fingerprint density at radius 2 is 0.625 bits per heavy atom.